The molecule has 0 saturated carbocycles. The summed E-state index contributed by atoms with van der Waals surface area (Å²) in [5.41, 5.74) is 3.51. The standard InChI is InChI=1S/C24H28N6O3/c31-24(10-11-29-19-23(17-26-29)30(32)33)25-16-20-6-4-5-7-21(20)18-27-12-14-28(15-13-27)22-8-2-1-3-9-22/h1-9,17,19H,10-16,18H2,(H,25,31). The molecular weight excluding hydrogens is 420 g/mol. The monoisotopic (exact) mass is 448 g/mol. The summed E-state index contributed by atoms with van der Waals surface area (Å²) in [5, 5.41) is 17.6. The maximum absolute atomic E-state index is 12.3. The van der Waals surface area contributed by atoms with Crippen LogP contribution >= 0.6 is 0 Å². The van der Waals surface area contributed by atoms with Gasteiger partial charge >= 0.3 is 5.69 Å². The number of anilines is 1. The van der Waals surface area contributed by atoms with Crippen molar-refractivity contribution >= 4 is 17.3 Å². The van der Waals surface area contributed by atoms with Crippen molar-refractivity contribution in [3.63, 3.8) is 0 Å². The van der Waals surface area contributed by atoms with Crippen LogP contribution in [0.4, 0.5) is 11.4 Å². The molecule has 172 valence electrons. The Kier molecular flexibility index (Phi) is 7.31. The van der Waals surface area contributed by atoms with Crippen molar-refractivity contribution in [3.8, 4) is 0 Å². The average Bonchev–Trinajstić information content (AvgIpc) is 3.33. The summed E-state index contributed by atoms with van der Waals surface area (Å²) in [7, 11) is 0. The molecule has 1 amide bonds. The van der Waals surface area contributed by atoms with Gasteiger partial charge in [0.2, 0.25) is 5.91 Å². The summed E-state index contributed by atoms with van der Waals surface area (Å²) in [5.74, 6) is -0.112. The van der Waals surface area contributed by atoms with Crippen LogP contribution in [-0.2, 0) is 24.4 Å². The lowest BCUT2D eigenvalue weighted by Crippen LogP contribution is -2.46. The van der Waals surface area contributed by atoms with Crippen LogP contribution in [0.15, 0.2) is 67.0 Å². The fourth-order valence-electron chi connectivity index (χ4n) is 4.00. The Balaban J connectivity index is 1.25. The average molecular weight is 449 g/mol. The molecular formula is C24H28N6O3. The van der Waals surface area contributed by atoms with E-state index >= 15 is 0 Å². The van der Waals surface area contributed by atoms with Crippen molar-refractivity contribution in [3.05, 3.63) is 88.2 Å². The molecule has 1 aliphatic rings. The molecule has 9 heteroatoms. The number of carbonyl (C=O) groups excluding carboxylic acids is 1. The molecule has 0 spiro atoms. The largest absolute Gasteiger partial charge is 0.369 e. The first-order chi connectivity index (χ1) is 16.1. The van der Waals surface area contributed by atoms with Crippen LogP contribution in [0.1, 0.15) is 17.5 Å². The predicted molar refractivity (Wildman–Crippen MR) is 126 cm³/mol. The number of aryl methyl sites for hydroxylation is 1. The zero-order valence-electron chi connectivity index (χ0n) is 18.5. The lowest BCUT2D eigenvalue weighted by molar-refractivity contribution is -0.385. The number of hydrogen-bond donors (Lipinski definition) is 1. The Morgan fingerprint density at radius 2 is 1.70 bits per heavy atom. The van der Waals surface area contributed by atoms with E-state index in [0.717, 1.165) is 38.3 Å². The van der Waals surface area contributed by atoms with Gasteiger partial charge in [-0.05, 0) is 23.3 Å². The highest BCUT2D eigenvalue weighted by atomic mass is 16.6. The van der Waals surface area contributed by atoms with Crippen LogP contribution < -0.4 is 10.2 Å². The van der Waals surface area contributed by atoms with E-state index in [0.29, 0.717) is 13.1 Å². The summed E-state index contributed by atoms with van der Waals surface area (Å²) in [6, 6.07) is 18.7. The number of para-hydroxylation sites is 1. The van der Waals surface area contributed by atoms with E-state index in [-0.39, 0.29) is 18.0 Å². The van der Waals surface area contributed by atoms with Gasteiger partial charge in [-0.2, -0.15) is 5.10 Å². The van der Waals surface area contributed by atoms with Gasteiger partial charge in [0.15, 0.2) is 0 Å². The highest BCUT2D eigenvalue weighted by molar-refractivity contribution is 5.75. The molecule has 0 radical (unpaired) electrons. The third-order valence-corrected chi connectivity index (χ3v) is 5.88. The first-order valence-corrected chi connectivity index (χ1v) is 11.1. The van der Waals surface area contributed by atoms with Crippen molar-refractivity contribution in [2.45, 2.75) is 26.1 Å². The topological polar surface area (TPSA) is 96.5 Å². The van der Waals surface area contributed by atoms with E-state index < -0.39 is 4.92 Å². The zero-order valence-corrected chi connectivity index (χ0v) is 18.5. The first-order valence-electron chi connectivity index (χ1n) is 11.1. The fraction of sp³-hybridized carbons (Fsp3) is 0.333. The summed E-state index contributed by atoms with van der Waals surface area (Å²) in [6.07, 6.45) is 2.73. The van der Waals surface area contributed by atoms with Crippen molar-refractivity contribution in [1.29, 1.82) is 0 Å². The van der Waals surface area contributed by atoms with Crippen LogP contribution in [0.5, 0.6) is 0 Å². The normalized spacial score (nSPS) is 14.2. The second-order valence-electron chi connectivity index (χ2n) is 8.11. The number of aromatic nitrogens is 2. The maximum atomic E-state index is 12.3. The number of amides is 1. The van der Waals surface area contributed by atoms with Gasteiger partial charge in [0.05, 0.1) is 4.92 Å². The number of nitrogens with one attached hydrogen (secondary N) is 1. The molecule has 1 N–H and O–H groups in total. The molecule has 0 unspecified atom stereocenters. The smallest absolute Gasteiger partial charge is 0.306 e. The number of carbonyl (C=O) groups is 1. The van der Waals surface area contributed by atoms with Gasteiger partial charge in [-0.1, -0.05) is 42.5 Å². The lowest BCUT2D eigenvalue weighted by Gasteiger charge is -2.36. The molecule has 2 aromatic carbocycles. The van der Waals surface area contributed by atoms with Crippen LogP contribution in [0, 0.1) is 10.1 Å². The van der Waals surface area contributed by atoms with Crippen molar-refractivity contribution < 1.29 is 9.72 Å². The van der Waals surface area contributed by atoms with Gasteiger partial charge in [0.25, 0.3) is 0 Å². The molecule has 33 heavy (non-hydrogen) atoms. The molecule has 1 fully saturated rings. The molecule has 1 aromatic heterocycles. The van der Waals surface area contributed by atoms with Crippen molar-refractivity contribution in [2.75, 3.05) is 31.1 Å². The summed E-state index contributed by atoms with van der Waals surface area (Å²) in [6.45, 7) is 5.58. The number of nitro groups is 1. The maximum Gasteiger partial charge on any atom is 0.306 e. The van der Waals surface area contributed by atoms with Crippen molar-refractivity contribution in [2.24, 2.45) is 0 Å². The number of piperazine rings is 1. The Morgan fingerprint density at radius 1 is 1.00 bits per heavy atom. The van der Waals surface area contributed by atoms with Crippen molar-refractivity contribution in [1.82, 2.24) is 20.0 Å². The predicted octanol–water partition coefficient (Wildman–Crippen LogP) is 2.82. The minimum absolute atomic E-state index is 0.0751. The Hall–Kier alpha value is -3.72. The van der Waals surface area contributed by atoms with Gasteiger partial charge in [-0.25, -0.2) is 0 Å². The van der Waals surface area contributed by atoms with E-state index in [9.17, 15) is 14.9 Å². The van der Waals surface area contributed by atoms with Gasteiger partial charge in [0, 0.05) is 57.9 Å². The Bertz CT molecular complexity index is 1080. The molecule has 2 heterocycles. The Labute approximate surface area is 192 Å². The third kappa shape index (κ3) is 6.17. The van der Waals surface area contributed by atoms with E-state index in [2.05, 4.69) is 50.5 Å². The van der Waals surface area contributed by atoms with Gasteiger partial charge in [0.1, 0.15) is 12.4 Å². The summed E-state index contributed by atoms with van der Waals surface area (Å²) in [4.78, 5) is 27.4. The van der Waals surface area contributed by atoms with Gasteiger partial charge in [-0.3, -0.25) is 24.5 Å². The number of hydrogen-bond acceptors (Lipinski definition) is 6. The second-order valence-corrected chi connectivity index (χ2v) is 8.11. The molecule has 1 saturated heterocycles. The van der Waals surface area contributed by atoms with Crippen LogP contribution in [0.25, 0.3) is 0 Å². The molecule has 0 atom stereocenters. The SMILES string of the molecule is O=C(CCn1cc([N+](=O)[O-])cn1)NCc1ccccc1CN1CCN(c2ccccc2)CC1. The van der Waals surface area contributed by atoms with Crippen LogP contribution in [0.3, 0.4) is 0 Å². The molecule has 0 aliphatic carbocycles. The number of benzene rings is 2. The summed E-state index contributed by atoms with van der Waals surface area (Å²) < 4.78 is 1.42. The third-order valence-electron chi connectivity index (χ3n) is 5.88. The molecule has 9 nitrogen and oxygen atoms in total. The van der Waals surface area contributed by atoms with Crippen LogP contribution in [-0.4, -0.2) is 51.7 Å². The molecule has 1 aliphatic heterocycles. The summed E-state index contributed by atoms with van der Waals surface area (Å²) >= 11 is 0. The second kappa shape index (κ2) is 10.7. The molecule has 4 rings (SSSR count). The first kappa shape index (κ1) is 22.5. The van der Waals surface area contributed by atoms with Gasteiger partial charge < -0.3 is 10.2 Å². The quantitative estimate of drug-likeness (QED) is 0.399. The van der Waals surface area contributed by atoms with E-state index in [1.54, 1.807) is 0 Å². The highest BCUT2D eigenvalue weighted by Gasteiger charge is 2.18. The molecule has 0 bridgehead atoms. The van der Waals surface area contributed by atoms with Gasteiger partial charge in [-0.15, -0.1) is 0 Å². The zero-order chi connectivity index (χ0) is 23.0. The van der Waals surface area contributed by atoms with Crippen LogP contribution in [0.2, 0.25) is 0 Å². The van der Waals surface area contributed by atoms with E-state index in [1.165, 1.54) is 28.3 Å². The Morgan fingerprint density at radius 3 is 2.39 bits per heavy atom. The highest BCUT2D eigenvalue weighted by Crippen LogP contribution is 2.18. The minimum atomic E-state index is -0.498. The molecule has 3 aromatic rings. The van der Waals surface area contributed by atoms with E-state index in [4.69, 9.17) is 0 Å². The fourth-order valence-corrected chi connectivity index (χ4v) is 4.00. The number of rotatable bonds is 9. The lowest BCUT2D eigenvalue weighted by atomic mass is 10.1. The minimum Gasteiger partial charge on any atom is -0.369 e. The van der Waals surface area contributed by atoms with E-state index in [1.807, 2.05) is 24.3 Å². The number of nitrogens with zero attached hydrogens (tertiary/aromatic N) is 5.